The Morgan fingerprint density at radius 2 is 2.17 bits per heavy atom. The van der Waals surface area contributed by atoms with Gasteiger partial charge in [0.05, 0.1) is 0 Å². The van der Waals surface area contributed by atoms with Gasteiger partial charge in [0, 0.05) is 10.9 Å². The number of halogens is 2. The summed E-state index contributed by atoms with van der Waals surface area (Å²) in [4.78, 5) is 0. The highest BCUT2D eigenvalue weighted by Crippen LogP contribution is 2.30. The van der Waals surface area contributed by atoms with Crippen LogP contribution in [0.4, 0.5) is 4.39 Å². The van der Waals surface area contributed by atoms with Crippen LogP contribution in [0.15, 0.2) is 27.3 Å². The molecule has 0 atom stereocenters. The number of hydrogen-bond donors (Lipinski definition) is 0. The van der Waals surface area contributed by atoms with Gasteiger partial charge in [0.2, 0.25) is 0 Å². The molecule has 1 heterocycles. The highest BCUT2D eigenvalue weighted by atomic mass is 79.9. The molecule has 0 unspecified atom stereocenters. The quantitative estimate of drug-likeness (QED) is 0.672. The summed E-state index contributed by atoms with van der Waals surface area (Å²) in [6, 6.07) is 4.90. The van der Waals surface area contributed by atoms with E-state index in [1.165, 1.54) is 6.07 Å². The standard InChI is InChI=1S/C9H6BrFO/c1-5-6-3-2-4-7(11)8(6)12-9(5)10/h2-4H,1H3. The van der Waals surface area contributed by atoms with Crippen molar-refractivity contribution in [2.75, 3.05) is 0 Å². The molecule has 12 heavy (non-hydrogen) atoms. The monoisotopic (exact) mass is 228 g/mol. The highest BCUT2D eigenvalue weighted by molar-refractivity contribution is 9.10. The van der Waals surface area contributed by atoms with E-state index in [0.29, 0.717) is 10.3 Å². The zero-order valence-electron chi connectivity index (χ0n) is 6.40. The first-order valence-electron chi connectivity index (χ1n) is 3.53. The third-order valence-electron chi connectivity index (χ3n) is 1.86. The average molecular weight is 229 g/mol. The lowest BCUT2D eigenvalue weighted by molar-refractivity contribution is 0.542. The number of furan rings is 1. The molecule has 62 valence electrons. The molecule has 1 aromatic heterocycles. The molecule has 1 nitrogen and oxygen atoms in total. The topological polar surface area (TPSA) is 13.1 Å². The summed E-state index contributed by atoms with van der Waals surface area (Å²) < 4.78 is 18.8. The number of para-hydroxylation sites is 1. The fraction of sp³-hybridized carbons (Fsp3) is 0.111. The van der Waals surface area contributed by atoms with Crippen molar-refractivity contribution in [3.8, 4) is 0 Å². The summed E-state index contributed by atoms with van der Waals surface area (Å²) in [5, 5.41) is 0.821. The molecule has 0 amide bonds. The van der Waals surface area contributed by atoms with Crippen molar-refractivity contribution in [2.24, 2.45) is 0 Å². The van der Waals surface area contributed by atoms with E-state index in [4.69, 9.17) is 4.42 Å². The van der Waals surface area contributed by atoms with Crippen LogP contribution in [0.25, 0.3) is 11.0 Å². The van der Waals surface area contributed by atoms with Gasteiger partial charge >= 0.3 is 0 Å². The van der Waals surface area contributed by atoms with Gasteiger partial charge in [-0.1, -0.05) is 12.1 Å². The van der Waals surface area contributed by atoms with Gasteiger partial charge < -0.3 is 4.42 Å². The van der Waals surface area contributed by atoms with E-state index in [1.54, 1.807) is 6.07 Å². The van der Waals surface area contributed by atoms with Gasteiger partial charge in [-0.2, -0.15) is 0 Å². The largest absolute Gasteiger partial charge is 0.446 e. The fourth-order valence-corrected chi connectivity index (χ4v) is 1.56. The van der Waals surface area contributed by atoms with Crippen LogP contribution in [0, 0.1) is 12.7 Å². The molecular formula is C9H6BrFO. The van der Waals surface area contributed by atoms with Crippen LogP contribution in [0.5, 0.6) is 0 Å². The van der Waals surface area contributed by atoms with Crippen molar-refractivity contribution in [3.63, 3.8) is 0 Å². The average Bonchev–Trinajstić information content (AvgIpc) is 2.32. The van der Waals surface area contributed by atoms with E-state index in [-0.39, 0.29) is 5.82 Å². The van der Waals surface area contributed by atoms with E-state index >= 15 is 0 Å². The summed E-state index contributed by atoms with van der Waals surface area (Å²) in [6.07, 6.45) is 0. The van der Waals surface area contributed by atoms with Crippen LogP contribution >= 0.6 is 15.9 Å². The van der Waals surface area contributed by atoms with Crippen molar-refractivity contribution in [1.82, 2.24) is 0 Å². The minimum absolute atomic E-state index is 0.318. The smallest absolute Gasteiger partial charge is 0.173 e. The number of benzene rings is 1. The first kappa shape index (κ1) is 7.80. The maximum Gasteiger partial charge on any atom is 0.173 e. The molecule has 0 saturated heterocycles. The van der Waals surface area contributed by atoms with Crippen LogP contribution in [0.1, 0.15) is 5.56 Å². The molecule has 0 bridgehead atoms. The Balaban J connectivity index is 2.95. The second-order valence-electron chi connectivity index (χ2n) is 2.62. The molecule has 0 aliphatic carbocycles. The van der Waals surface area contributed by atoms with E-state index in [2.05, 4.69) is 15.9 Å². The van der Waals surface area contributed by atoms with Gasteiger partial charge in [-0.05, 0) is 28.9 Å². The fourth-order valence-electron chi connectivity index (χ4n) is 1.18. The Bertz CT molecular complexity index is 433. The van der Waals surface area contributed by atoms with Gasteiger partial charge in [0.15, 0.2) is 16.1 Å². The Kier molecular flexibility index (Phi) is 1.68. The SMILES string of the molecule is Cc1c(Br)oc2c(F)cccc12. The van der Waals surface area contributed by atoms with Gasteiger partial charge in [-0.15, -0.1) is 0 Å². The molecule has 2 rings (SSSR count). The van der Waals surface area contributed by atoms with Crippen molar-refractivity contribution >= 4 is 26.9 Å². The second-order valence-corrected chi connectivity index (χ2v) is 3.34. The van der Waals surface area contributed by atoms with Gasteiger partial charge in [0.1, 0.15) is 0 Å². The number of aryl methyl sites for hydroxylation is 1. The summed E-state index contributed by atoms with van der Waals surface area (Å²) >= 11 is 3.21. The van der Waals surface area contributed by atoms with Crippen LogP contribution < -0.4 is 0 Å². The van der Waals surface area contributed by atoms with Crippen LogP contribution in [0.2, 0.25) is 0 Å². The zero-order chi connectivity index (χ0) is 8.72. The lowest BCUT2D eigenvalue weighted by Gasteiger charge is -1.88. The third-order valence-corrected chi connectivity index (χ3v) is 2.61. The van der Waals surface area contributed by atoms with Gasteiger partial charge in [-0.25, -0.2) is 4.39 Å². The summed E-state index contributed by atoms with van der Waals surface area (Å²) in [6.45, 7) is 1.88. The first-order valence-corrected chi connectivity index (χ1v) is 4.32. The lowest BCUT2D eigenvalue weighted by Crippen LogP contribution is -1.73. The molecule has 0 aliphatic heterocycles. The predicted octanol–water partition coefficient (Wildman–Crippen LogP) is 3.64. The van der Waals surface area contributed by atoms with E-state index in [0.717, 1.165) is 10.9 Å². The molecule has 0 saturated carbocycles. The molecule has 0 aliphatic rings. The Morgan fingerprint density at radius 1 is 1.42 bits per heavy atom. The number of rotatable bonds is 0. The predicted molar refractivity (Wildman–Crippen MR) is 48.6 cm³/mol. The molecule has 0 spiro atoms. The van der Waals surface area contributed by atoms with Crippen molar-refractivity contribution < 1.29 is 8.81 Å². The first-order chi connectivity index (χ1) is 5.70. The number of fused-ring (bicyclic) bond motifs is 1. The van der Waals surface area contributed by atoms with Gasteiger partial charge in [0.25, 0.3) is 0 Å². The third kappa shape index (κ3) is 0.966. The van der Waals surface area contributed by atoms with Crippen LogP contribution in [-0.2, 0) is 0 Å². The number of hydrogen-bond acceptors (Lipinski definition) is 1. The van der Waals surface area contributed by atoms with E-state index in [9.17, 15) is 4.39 Å². The lowest BCUT2D eigenvalue weighted by atomic mass is 10.2. The van der Waals surface area contributed by atoms with Gasteiger partial charge in [-0.3, -0.25) is 0 Å². The molecule has 3 heteroatoms. The highest BCUT2D eigenvalue weighted by Gasteiger charge is 2.10. The Labute approximate surface area is 77.3 Å². The van der Waals surface area contributed by atoms with Crippen molar-refractivity contribution in [3.05, 3.63) is 34.2 Å². The second kappa shape index (κ2) is 2.59. The minimum Gasteiger partial charge on any atom is -0.446 e. The Hall–Kier alpha value is -0.830. The van der Waals surface area contributed by atoms with Crippen molar-refractivity contribution in [1.29, 1.82) is 0 Å². The summed E-state index contributed by atoms with van der Waals surface area (Å²) in [5.41, 5.74) is 1.26. The van der Waals surface area contributed by atoms with Crippen molar-refractivity contribution in [2.45, 2.75) is 6.92 Å². The molecule has 0 N–H and O–H groups in total. The normalized spacial score (nSPS) is 10.9. The van der Waals surface area contributed by atoms with Crippen LogP contribution in [0.3, 0.4) is 0 Å². The molecule has 1 aromatic carbocycles. The van der Waals surface area contributed by atoms with Crippen LogP contribution in [-0.4, -0.2) is 0 Å². The summed E-state index contributed by atoms with van der Waals surface area (Å²) in [5.74, 6) is -0.318. The molecular weight excluding hydrogens is 223 g/mol. The Morgan fingerprint density at radius 3 is 2.83 bits per heavy atom. The molecule has 0 radical (unpaired) electrons. The van der Waals surface area contributed by atoms with E-state index in [1.807, 2.05) is 13.0 Å². The summed E-state index contributed by atoms with van der Waals surface area (Å²) in [7, 11) is 0. The zero-order valence-corrected chi connectivity index (χ0v) is 7.98. The molecule has 0 fully saturated rings. The maximum atomic E-state index is 13.1. The maximum absolute atomic E-state index is 13.1. The molecule has 2 aromatic rings. The van der Waals surface area contributed by atoms with E-state index < -0.39 is 0 Å². The minimum atomic E-state index is -0.318.